The lowest BCUT2D eigenvalue weighted by Crippen LogP contribution is -2.48. The number of aromatic amines is 1. The van der Waals surface area contributed by atoms with E-state index in [4.69, 9.17) is 0 Å². The number of H-pyrrole nitrogens is 1. The number of likely N-dealkylation sites (tertiary alicyclic amines) is 1. The maximum atomic E-state index is 13.2. The maximum Gasteiger partial charge on any atom is 0.227 e. The van der Waals surface area contributed by atoms with Crippen molar-refractivity contribution in [3.8, 4) is 0 Å². The van der Waals surface area contributed by atoms with Gasteiger partial charge in [-0.25, -0.2) is 12.7 Å². The van der Waals surface area contributed by atoms with Crippen molar-refractivity contribution < 1.29 is 13.2 Å². The molecule has 1 aromatic heterocycles. The van der Waals surface area contributed by atoms with Crippen LogP contribution in [0.15, 0.2) is 24.4 Å². The third-order valence-electron chi connectivity index (χ3n) is 7.05. The molecule has 2 fully saturated rings. The monoisotopic (exact) mass is 445 g/mol. The number of hydrogen-bond acceptors (Lipinski definition) is 3. The van der Waals surface area contributed by atoms with Gasteiger partial charge in [0.1, 0.15) is 0 Å². The summed E-state index contributed by atoms with van der Waals surface area (Å²) in [5, 5.41) is 1.31. The van der Waals surface area contributed by atoms with Crippen molar-refractivity contribution in [2.45, 2.75) is 58.3 Å². The molecule has 0 radical (unpaired) electrons. The zero-order valence-electron chi connectivity index (χ0n) is 18.8. The number of hydrogen-bond donors (Lipinski definition) is 1. The Labute approximate surface area is 186 Å². The van der Waals surface area contributed by atoms with Gasteiger partial charge in [0.05, 0.1) is 11.7 Å². The SMILES string of the molecule is CCCS(=O)(=O)N1CCCC(C(=O)N2CCC(c3c[nH]c4c(CC)cccc34)CC2)C1. The highest BCUT2D eigenvalue weighted by Crippen LogP contribution is 2.35. The molecule has 3 heterocycles. The highest BCUT2D eigenvalue weighted by molar-refractivity contribution is 7.89. The van der Waals surface area contributed by atoms with Gasteiger partial charge < -0.3 is 9.88 Å². The van der Waals surface area contributed by atoms with E-state index >= 15 is 0 Å². The van der Waals surface area contributed by atoms with E-state index in [-0.39, 0.29) is 17.6 Å². The number of fused-ring (bicyclic) bond motifs is 1. The summed E-state index contributed by atoms with van der Waals surface area (Å²) in [5.41, 5.74) is 3.96. The van der Waals surface area contributed by atoms with Gasteiger partial charge in [-0.3, -0.25) is 4.79 Å². The lowest BCUT2D eigenvalue weighted by atomic mass is 9.88. The van der Waals surface area contributed by atoms with Crippen molar-refractivity contribution in [1.29, 1.82) is 0 Å². The predicted octanol–water partition coefficient (Wildman–Crippen LogP) is 3.89. The van der Waals surface area contributed by atoms with Gasteiger partial charge >= 0.3 is 0 Å². The van der Waals surface area contributed by atoms with E-state index in [0.29, 0.717) is 25.4 Å². The number of aromatic nitrogens is 1. The summed E-state index contributed by atoms with van der Waals surface area (Å²) in [6.07, 6.45) is 7.25. The van der Waals surface area contributed by atoms with Crippen LogP contribution in [0.5, 0.6) is 0 Å². The highest BCUT2D eigenvalue weighted by atomic mass is 32.2. The van der Waals surface area contributed by atoms with Crippen LogP contribution in [-0.2, 0) is 21.2 Å². The molecule has 1 aromatic carbocycles. The molecule has 1 unspecified atom stereocenters. The van der Waals surface area contributed by atoms with Crippen molar-refractivity contribution in [2.75, 3.05) is 31.9 Å². The summed E-state index contributed by atoms with van der Waals surface area (Å²) in [6, 6.07) is 6.52. The molecule has 1 amide bonds. The van der Waals surface area contributed by atoms with Crippen molar-refractivity contribution in [1.82, 2.24) is 14.2 Å². The summed E-state index contributed by atoms with van der Waals surface area (Å²) >= 11 is 0. The topological polar surface area (TPSA) is 73.5 Å². The molecule has 170 valence electrons. The predicted molar refractivity (Wildman–Crippen MR) is 125 cm³/mol. The van der Waals surface area contributed by atoms with E-state index in [0.717, 1.165) is 45.2 Å². The number of carbonyl (C=O) groups is 1. The lowest BCUT2D eigenvalue weighted by Gasteiger charge is -2.37. The third kappa shape index (κ3) is 4.53. The first kappa shape index (κ1) is 22.3. The molecular formula is C24H35N3O3S. The largest absolute Gasteiger partial charge is 0.361 e. The zero-order valence-corrected chi connectivity index (χ0v) is 19.6. The first-order valence-electron chi connectivity index (χ1n) is 11.8. The van der Waals surface area contributed by atoms with Crippen LogP contribution in [0.4, 0.5) is 0 Å². The standard InChI is InChI=1S/C24H35N3O3S/c1-3-15-31(29,30)27-12-6-8-20(17-27)24(28)26-13-10-19(11-14-26)22-16-25-23-18(4-2)7-5-9-21(22)23/h5,7,9,16,19-20,25H,3-4,6,8,10-15,17H2,1-2H3. The Hall–Kier alpha value is -1.86. The van der Waals surface area contributed by atoms with Crippen LogP contribution in [0, 0.1) is 5.92 Å². The fourth-order valence-electron chi connectivity index (χ4n) is 5.32. The van der Waals surface area contributed by atoms with Gasteiger partial charge in [0.15, 0.2) is 0 Å². The molecule has 2 aliphatic heterocycles. The van der Waals surface area contributed by atoms with E-state index in [1.54, 1.807) is 4.31 Å². The van der Waals surface area contributed by atoms with Gasteiger partial charge in [0.25, 0.3) is 0 Å². The Morgan fingerprint density at radius 1 is 1.13 bits per heavy atom. The van der Waals surface area contributed by atoms with Gasteiger partial charge in [0, 0.05) is 43.3 Å². The molecule has 0 spiro atoms. The minimum Gasteiger partial charge on any atom is -0.361 e. The molecule has 0 saturated carbocycles. The van der Waals surface area contributed by atoms with Crippen LogP contribution in [0.3, 0.4) is 0 Å². The van der Waals surface area contributed by atoms with Gasteiger partial charge in [-0.15, -0.1) is 0 Å². The average molecular weight is 446 g/mol. The zero-order chi connectivity index (χ0) is 22.0. The van der Waals surface area contributed by atoms with E-state index in [9.17, 15) is 13.2 Å². The van der Waals surface area contributed by atoms with Crippen LogP contribution in [0.1, 0.15) is 63.0 Å². The van der Waals surface area contributed by atoms with Crippen molar-refractivity contribution in [2.24, 2.45) is 5.92 Å². The van der Waals surface area contributed by atoms with Crippen LogP contribution < -0.4 is 0 Å². The molecule has 2 aromatic rings. The highest BCUT2D eigenvalue weighted by Gasteiger charge is 2.35. The molecule has 1 atom stereocenters. The summed E-state index contributed by atoms with van der Waals surface area (Å²) in [5.74, 6) is 0.570. The van der Waals surface area contributed by atoms with Gasteiger partial charge in [-0.05, 0) is 55.6 Å². The van der Waals surface area contributed by atoms with E-state index < -0.39 is 10.0 Å². The molecule has 1 N–H and O–H groups in total. The molecule has 7 heteroatoms. The van der Waals surface area contributed by atoms with Crippen LogP contribution >= 0.6 is 0 Å². The Balaban J connectivity index is 1.39. The fraction of sp³-hybridized carbons (Fsp3) is 0.625. The van der Waals surface area contributed by atoms with E-state index in [1.807, 2.05) is 11.8 Å². The molecule has 6 nitrogen and oxygen atoms in total. The normalized spacial score (nSPS) is 21.6. The van der Waals surface area contributed by atoms with Crippen LogP contribution in [0.2, 0.25) is 0 Å². The molecule has 2 saturated heterocycles. The molecule has 2 aliphatic rings. The fourth-order valence-corrected chi connectivity index (χ4v) is 6.91. The number of para-hydroxylation sites is 1. The van der Waals surface area contributed by atoms with Gasteiger partial charge in [-0.1, -0.05) is 32.0 Å². The number of rotatable bonds is 6. The molecule has 0 aliphatic carbocycles. The van der Waals surface area contributed by atoms with Crippen molar-refractivity contribution >= 4 is 26.8 Å². The first-order valence-corrected chi connectivity index (χ1v) is 13.4. The number of amides is 1. The summed E-state index contributed by atoms with van der Waals surface area (Å²) in [6.45, 7) is 6.46. The quantitative estimate of drug-likeness (QED) is 0.733. The van der Waals surface area contributed by atoms with Crippen LogP contribution in [-0.4, -0.2) is 60.4 Å². The van der Waals surface area contributed by atoms with Crippen molar-refractivity contribution in [3.63, 3.8) is 0 Å². The number of aryl methyl sites for hydroxylation is 1. The smallest absolute Gasteiger partial charge is 0.227 e. The van der Waals surface area contributed by atoms with Gasteiger partial charge in [0.2, 0.25) is 15.9 Å². The number of nitrogens with one attached hydrogen (secondary N) is 1. The molecular weight excluding hydrogens is 410 g/mol. The van der Waals surface area contributed by atoms with Crippen molar-refractivity contribution in [3.05, 3.63) is 35.5 Å². The summed E-state index contributed by atoms with van der Waals surface area (Å²) in [4.78, 5) is 18.6. The lowest BCUT2D eigenvalue weighted by molar-refractivity contribution is -0.137. The Bertz CT molecular complexity index is 1020. The first-order chi connectivity index (χ1) is 14.9. The number of sulfonamides is 1. The number of benzene rings is 1. The Kier molecular flexibility index (Phi) is 6.72. The molecule has 31 heavy (non-hydrogen) atoms. The number of nitrogens with zero attached hydrogens (tertiary/aromatic N) is 2. The minimum atomic E-state index is -3.24. The summed E-state index contributed by atoms with van der Waals surface area (Å²) in [7, 11) is -3.24. The number of piperidine rings is 2. The Morgan fingerprint density at radius 2 is 1.90 bits per heavy atom. The van der Waals surface area contributed by atoms with E-state index in [2.05, 4.69) is 36.3 Å². The van der Waals surface area contributed by atoms with Crippen LogP contribution in [0.25, 0.3) is 10.9 Å². The summed E-state index contributed by atoms with van der Waals surface area (Å²) < 4.78 is 26.5. The molecule has 4 rings (SSSR count). The van der Waals surface area contributed by atoms with E-state index in [1.165, 1.54) is 22.0 Å². The number of carbonyl (C=O) groups excluding carboxylic acids is 1. The third-order valence-corrected chi connectivity index (χ3v) is 9.09. The second-order valence-corrected chi connectivity index (χ2v) is 11.1. The molecule has 0 bridgehead atoms. The average Bonchev–Trinajstić information content (AvgIpc) is 3.23. The van der Waals surface area contributed by atoms with Gasteiger partial charge in [-0.2, -0.15) is 0 Å². The second-order valence-electron chi connectivity index (χ2n) is 9.05. The maximum absolute atomic E-state index is 13.2. The second kappa shape index (κ2) is 9.33. The Morgan fingerprint density at radius 3 is 2.61 bits per heavy atom. The minimum absolute atomic E-state index is 0.141.